The molecule has 0 saturated carbocycles. The van der Waals surface area contributed by atoms with E-state index in [0.29, 0.717) is 12.2 Å². The zero-order valence-electron chi connectivity index (χ0n) is 9.44. The number of benzene rings is 1. The number of hydrogen-bond donors (Lipinski definition) is 0. The lowest BCUT2D eigenvalue weighted by atomic mass is 10.1. The van der Waals surface area contributed by atoms with Crippen LogP contribution in [0.2, 0.25) is 0 Å². The van der Waals surface area contributed by atoms with Crippen molar-refractivity contribution in [2.45, 2.75) is 25.9 Å². The Kier molecular flexibility index (Phi) is 3.57. The van der Waals surface area contributed by atoms with Crippen LogP contribution in [0.15, 0.2) is 24.3 Å². The molecule has 0 radical (unpaired) electrons. The van der Waals surface area contributed by atoms with Crippen LogP contribution in [0.5, 0.6) is 5.75 Å². The van der Waals surface area contributed by atoms with Gasteiger partial charge in [0.1, 0.15) is 12.4 Å². The minimum absolute atomic E-state index is 0.0747. The highest BCUT2D eigenvalue weighted by Gasteiger charge is 2.15. The van der Waals surface area contributed by atoms with E-state index in [2.05, 4.69) is 0 Å². The van der Waals surface area contributed by atoms with Crippen LogP contribution in [0.4, 0.5) is 0 Å². The van der Waals surface area contributed by atoms with Gasteiger partial charge in [-0.1, -0.05) is 0 Å². The Morgan fingerprint density at radius 1 is 1.44 bits per heavy atom. The first-order valence-corrected chi connectivity index (χ1v) is 5.61. The van der Waals surface area contributed by atoms with E-state index < -0.39 is 0 Å². The number of Topliss-reactive ketones (excluding diaryl/α,β-unsaturated/α-hetero) is 1. The maximum Gasteiger partial charge on any atom is 0.159 e. The lowest BCUT2D eigenvalue weighted by Crippen LogP contribution is -2.16. The van der Waals surface area contributed by atoms with Crippen molar-refractivity contribution in [2.24, 2.45) is 0 Å². The van der Waals surface area contributed by atoms with E-state index in [1.807, 2.05) is 12.1 Å². The van der Waals surface area contributed by atoms with Crippen molar-refractivity contribution in [3.63, 3.8) is 0 Å². The van der Waals surface area contributed by atoms with E-state index >= 15 is 0 Å². The Bertz CT molecular complexity index is 350. The molecule has 0 spiro atoms. The molecular weight excluding hydrogens is 204 g/mol. The number of carbonyl (C=O) groups is 1. The summed E-state index contributed by atoms with van der Waals surface area (Å²) >= 11 is 0. The average Bonchev–Trinajstić information content (AvgIpc) is 2.80. The molecule has 0 aliphatic carbocycles. The highest BCUT2D eigenvalue weighted by Crippen LogP contribution is 2.16. The SMILES string of the molecule is CC(=O)c1ccc(OC[C@@H]2CCCO2)cc1. The maximum absolute atomic E-state index is 11.1. The molecule has 1 aromatic carbocycles. The van der Waals surface area contributed by atoms with E-state index in [0.717, 1.165) is 25.2 Å². The van der Waals surface area contributed by atoms with Gasteiger partial charge in [0.05, 0.1) is 6.10 Å². The Morgan fingerprint density at radius 3 is 2.75 bits per heavy atom. The van der Waals surface area contributed by atoms with Gasteiger partial charge in [-0.3, -0.25) is 4.79 Å². The van der Waals surface area contributed by atoms with Gasteiger partial charge < -0.3 is 9.47 Å². The predicted molar refractivity (Wildman–Crippen MR) is 60.9 cm³/mol. The number of ketones is 1. The predicted octanol–water partition coefficient (Wildman–Crippen LogP) is 2.45. The molecule has 16 heavy (non-hydrogen) atoms. The quantitative estimate of drug-likeness (QED) is 0.731. The van der Waals surface area contributed by atoms with Gasteiger partial charge in [0, 0.05) is 12.2 Å². The van der Waals surface area contributed by atoms with E-state index in [9.17, 15) is 4.79 Å². The summed E-state index contributed by atoms with van der Waals surface area (Å²) in [5.74, 6) is 0.867. The molecule has 1 aliphatic heterocycles. The summed E-state index contributed by atoms with van der Waals surface area (Å²) in [7, 11) is 0. The minimum atomic E-state index is 0.0747. The molecule has 1 heterocycles. The monoisotopic (exact) mass is 220 g/mol. The third kappa shape index (κ3) is 2.83. The smallest absolute Gasteiger partial charge is 0.159 e. The first-order valence-electron chi connectivity index (χ1n) is 5.61. The molecule has 0 N–H and O–H groups in total. The molecule has 1 fully saturated rings. The van der Waals surface area contributed by atoms with Crippen LogP contribution in [-0.2, 0) is 4.74 Å². The molecule has 1 atom stereocenters. The van der Waals surface area contributed by atoms with Crippen molar-refractivity contribution in [3.8, 4) is 5.75 Å². The molecule has 0 unspecified atom stereocenters. The molecule has 1 aliphatic rings. The number of hydrogen-bond acceptors (Lipinski definition) is 3. The van der Waals surface area contributed by atoms with E-state index in [-0.39, 0.29) is 11.9 Å². The van der Waals surface area contributed by atoms with Crippen molar-refractivity contribution in [2.75, 3.05) is 13.2 Å². The van der Waals surface area contributed by atoms with Gasteiger partial charge in [0.25, 0.3) is 0 Å². The van der Waals surface area contributed by atoms with Crippen LogP contribution < -0.4 is 4.74 Å². The maximum atomic E-state index is 11.1. The molecule has 1 saturated heterocycles. The van der Waals surface area contributed by atoms with Gasteiger partial charge in [-0.05, 0) is 44.0 Å². The van der Waals surface area contributed by atoms with Crippen molar-refractivity contribution in [1.29, 1.82) is 0 Å². The third-order valence-electron chi connectivity index (χ3n) is 2.72. The second-order valence-corrected chi connectivity index (χ2v) is 4.03. The summed E-state index contributed by atoms with van der Waals surface area (Å²) in [5, 5.41) is 0. The highest BCUT2D eigenvalue weighted by molar-refractivity contribution is 5.94. The van der Waals surface area contributed by atoms with Crippen molar-refractivity contribution < 1.29 is 14.3 Å². The van der Waals surface area contributed by atoms with Crippen molar-refractivity contribution >= 4 is 5.78 Å². The van der Waals surface area contributed by atoms with E-state index in [1.54, 1.807) is 19.1 Å². The van der Waals surface area contributed by atoms with Crippen LogP contribution in [0.25, 0.3) is 0 Å². The zero-order chi connectivity index (χ0) is 11.4. The number of carbonyl (C=O) groups excluding carboxylic acids is 1. The Morgan fingerprint density at radius 2 is 2.19 bits per heavy atom. The fraction of sp³-hybridized carbons (Fsp3) is 0.462. The lowest BCUT2D eigenvalue weighted by molar-refractivity contribution is 0.0679. The molecular formula is C13H16O3. The van der Waals surface area contributed by atoms with Gasteiger partial charge in [-0.25, -0.2) is 0 Å². The molecule has 0 bridgehead atoms. The standard InChI is InChI=1S/C13H16O3/c1-10(14)11-4-6-12(7-5-11)16-9-13-3-2-8-15-13/h4-7,13H,2-3,8-9H2,1H3/t13-/m0/s1. The van der Waals surface area contributed by atoms with Gasteiger partial charge >= 0.3 is 0 Å². The molecule has 3 nitrogen and oxygen atoms in total. The topological polar surface area (TPSA) is 35.5 Å². The van der Waals surface area contributed by atoms with Gasteiger partial charge in [-0.2, -0.15) is 0 Å². The van der Waals surface area contributed by atoms with Crippen molar-refractivity contribution in [3.05, 3.63) is 29.8 Å². The summed E-state index contributed by atoms with van der Waals surface area (Å²) in [6, 6.07) is 7.22. The number of ether oxygens (including phenoxy) is 2. The van der Waals surface area contributed by atoms with Crippen LogP contribution in [0, 0.1) is 0 Å². The van der Waals surface area contributed by atoms with Gasteiger partial charge in [0.15, 0.2) is 5.78 Å². The van der Waals surface area contributed by atoms with Crippen LogP contribution in [-0.4, -0.2) is 25.1 Å². The molecule has 3 heteroatoms. The van der Waals surface area contributed by atoms with Crippen LogP contribution in [0.1, 0.15) is 30.1 Å². The zero-order valence-corrected chi connectivity index (χ0v) is 9.44. The Labute approximate surface area is 95.4 Å². The fourth-order valence-electron chi connectivity index (χ4n) is 1.75. The third-order valence-corrected chi connectivity index (χ3v) is 2.72. The summed E-state index contributed by atoms with van der Waals surface area (Å²) in [6.07, 6.45) is 2.43. The van der Waals surface area contributed by atoms with Crippen molar-refractivity contribution in [1.82, 2.24) is 0 Å². The lowest BCUT2D eigenvalue weighted by Gasteiger charge is -2.11. The average molecular weight is 220 g/mol. The molecule has 1 aromatic rings. The molecule has 2 rings (SSSR count). The van der Waals surface area contributed by atoms with E-state index in [1.165, 1.54) is 0 Å². The molecule has 0 amide bonds. The van der Waals surface area contributed by atoms with Crippen LogP contribution in [0.3, 0.4) is 0 Å². The normalized spacial score (nSPS) is 19.7. The minimum Gasteiger partial charge on any atom is -0.491 e. The van der Waals surface area contributed by atoms with Gasteiger partial charge in [-0.15, -0.1) is 0 Å². The summed E-state index contributed by atoms with van der Waals surface area (Å²) in [6.45, 7) is 3.00. The highest BCUT2D eigenvalue weighted by atomic mass is 16.5. The second-order valence-electron chi connectivity index (χ2n) is 4.03. The number of rotatable bonds is 4. The summed E-state index contributed by atoms with van der Waals surface area (Å²) < 4.78 is 11.0. The van der Waals surface area contributed by atoms with Crippen LogP contribution >= 0.6 is 0 Å². The Hall–Kier alpha value is -1.35. The molecule has 86 valence electrons. The van der Waals surface area contributed by atoms with E-state index in [4.69, 9.17) is 9.47 Å². The molecule has 0 aromatic heterocycles. The largest absolute Gasteiger partial charge is 0.491 e. The fourth-order valence-corrected chi connectivity index (χ4v) is 1.75. The summed E-state index contributed by atoms with van der Waals surface area (Å²) in [4.78, 5) is 11.1. The first-order chi connectivity index (χ1) is 7.75. The first kappa shape index (κ1) is 11.1. The summed E-state index contributed by atoms with van der Waals surface area (Å²) in [5.41, 5.74) is 0.712. The Balaban J connectivity index is 1.87. The van der Waals surface area contributed by atoms with Gasteiger partial charge in [0.2, 0.25) is 0 Å². The second kappa shape index (κ2) is 5.12.